The zero-order valence-electron chi connectivity index (χ0n) is 11.6. The van der Waals surface area contributed by atoms with E-state index in [9.17, 15) is 4.79 Å². The Labute approximate surface area is 122 Å². The van der Waals surface area contributed by atoms with E-state index in [1.165, 1.54) is 0 Å². The molecule has 1 unspecified atom stereocenters. The van der Waals surface area contributed by atoms with Gasteiger partial charge in [0.25, 0.3) is 5.91 Å². The fourth-order valence-electron chi connectivity index (χ4n) is 2.16. The van der Waals surface area contributed by atoms with Crippen LogP contribution in [0.15, 0.2) is 18.2 Å². The zero-order valence-corrected chi connectivity index (χ0v) is 11.6. The predicted octanol–water partition coefficient (Wildman–Crippen LogP) is -0.101. The molecule has 1 atom stereocenters. The first-order chi connectivity index (χ1) is 10.3. The largest absolute Gasteiger partial charge is 0.492 e. The molecule has 114 valence electrons. The van der Waals surface area contributed by atoms with Gasteiger partial charge in [-0.2, -0.15) is 0 Å². The highest BCUT2D eigenvalue weighted by atomic mass is 16.7. The lowest BCUT2D eigenvalue weighted by atomic mass is 10.3. The maximum absolute atomic E-state index is 11.8. The van der Waals surface area contributed by atoms with Crippen LogP contribution in [0.5, 0.6) is 17.2 Å². The van der Waals surface area contributed by atoms with E-state index in [1.54, 1.807) is 12.1 Å². The van der Waals surface area contributed by atoms with Gasteiger partial charge in [0.2, 0.25) is 6.79 Å². The maximum atomic E-state index is 11.8. The topological polar surface area (TPSA) is 78.1 Å². The third-order valence-electron chi connectivity index (χ3n) is 3.23. The van der Waals surface area contributed by atoms with Gasteiger partial charge in [0.15, 0.2) is 11.5 Å². The highest BCUT2D eigenvalue weighted by Gasteiger charge is 2.21. The van der Waals surface area contributed by atoms with Gasteiger partial charge in [0.1, 0.15) is 18.5 Å². The minimum Gasteiger partial charge on any atom is -0.492 e. The second-order valence-electron chi connectivity index (χ2n) is 4.72. The molecule has 1 saturated heterocycles. The molecule has 1 aromatic carbocycles. The van der Waals surface area contributed by atoms with Crippen molar-refractivity contribution in [3.8, 4) is 17.2 Å². The molecule has 1 amide bonds. The van der Waals surface area contributed by atoms with Crippen molar-refractivity contribution in [1.82, 2.24) is 10.6 Å². The minimum atomic E-state index is -0.413. The number of carbonyl (C=O) groups excluding carboxylic acids is 1. The fraction of sp³-hybridized carbons (Fsp3) is 0.500. The Morgan fingerprint density at radius 1 is 1.38 bits per heavy atom. The van der Waals surface area contributed by atoms with Crippen molar-refractivity contribution in [1.29, 1.82) is 0 Å². The van der Waals surface area contributed by atoms with E-state index in [-0.39, 0.29) is 12.7 Å². The van der Waals surface area contributed by atoms with Gasteiger partial charge >= 0.3 is 0 Å². The molecule has 3 rings (SSSR count). The molecule has 0 aromatic heterocycles. The molecule has 0 spiro atoms. The van der Waals surface area contributed by atoms with Crippen molar-refractivity contribution >= 4 is 5.91 Å². The number of fused-ring (bicyclic) bond motifs is 1. The Morgan fingerprint density at radius 3 is 3.14 bits per heavy atom. The highest BCUT2D eigenvalue weighted by molar-refractivity contribution is 5.81. The van der Waals surface area contributed by atoms with Crippen LogP contribution in [0.3, 0.4) is 0 Å². The minimum absolute atomic E-state index is 0.114. The van der Waals surface area contributed by atoms with E-state index in [0.29, 0.717) is 37.8 Å². The number of ether oxygens (including phenoxy) is 4. The molecular formula is C14H18N2O5. The molecule has 0 aliphatic carbocycles. The average molecular weight is 294 g/mol. The molecule has 0 radical (unpaired) electrons. The normalized spacial score (nSPS) is 20.1. The molecule has 21 heavy (non-hydrogen) atoms. The van der Waals surface area contributed by atoms with Crippen LogP contribution in [0.1, 0.15) is 0 Å². The van der Waals surface area contributed by atoms with Crippen LogP contribution in [0.25, 0.3) is 0 Å². The third kappa shape index (κ3) is 3.56. The molecular weight excluding hydrogens is 276 g/mol. The number of nitrogens with one attached hydrogen (secondary N) is 2. The predicted molar refractivity (Wildman–Crippen MR) is 73.7 cm³/mol. The molecule has 7 nitrogen and oxygen atoms in total. The van der Waals surface area contributed by atoms with Crippen molar-refractivity contribution in [3.63, 3.8) is 0 Å². The molecule has 2 heterocycles. The van der Waals surface area contributed by atoms with Gasteiger partial charge in [-0.05, 0) is 12.1 Å². The van der Waals surface area contributed by atoms with Crippen LogP contribution in [0.4, 0.5) is 0 Å². The van der Waals surface area contributed by atoms with Crippen molar-refractivity contribution in [2.45, 2.75) is 6.10 Å². The summed E-state index contributed by atoms with van der Waals surface area (Å²) in [4.78, 5) is 11.8. The summed E-state index contributed by atoms with van der Waals surface area (Å²) in [6.45, 7) is 2.95. The third-order valence-corrected chi connectivity index (χ3v) is 3.23. The lowest BCUT2D eigenvalue weighted by Crippen LogP contribution is -2.48. The number of benzene rings is 1. The first kappa shape index (κ1) is 14.0. The van der Waals surface area contributed by atoms with Gasteiger partial charge in [-0.1, -0.05) is 0 Å². The molecule has 0 bridgehead atoms. The number of hydrogen-bond donors (Lipinski definition) is 2. The van der Waals surface area contributed by atoms with Crippen molar-refractivity contribution in [2.75, 3.05) is 39.6 Å². The van der Waals surface area contributed by atoms with Crippen LogP contribution in [-0.4, -0.2) is 51.7 Å². The van der Waals surface area contributed by atoms with Crippen LogP contribution in [-0.2, 0) is 9.53 Å². The second-order valence-corrected chi connectivity index (χ2v) is 4.72. The molecule has 1 fully saturated rings. The smallest absolute Gasteiger partial charge is 0.250 e. The number of morpholine rings is 1. The molecule has 2 N–H and O–H groups in total. The zero-order chi connectivity index (χ0) is 14.5. The Balaban J connectivity index is 1.39. The standard InChI is InChI=1S/C14H18N2O5/c17-14(13-8-15-3-5-19-13)16-4-6-18-10-1-2-11-12(7-10)21-9-20-11/h1-2,7,13,15H,3-6,8-9H2,(H,16,17). The van der Waals surface area contributed by atoms with Crippen LogP contribution in [0.2, 0.25) is 0 Å². The number of hydrogen-bond acceptors (Lipinski definition) is 6. The second kappa shape index (κ2) is 6.64. The Bertz CT molecular complexity index is 502. The summed E-state index contributed by atoms with van der Waals surface area (Å²) in [5.41, 5.74) is 0. The summed E-state index contributed by atoms with van der Waals surface area (Å²) in [7, 11) is 0. The van der Waals surface area contributed by atoms with Crippen molar-refractivity contribution in [2.24, 2.45) is 0 Å². The van der Waals surface area contributed by atoms with Gasteiger partial charge in [0, 0.05) is 19.2 Å². The SMILES string of the molecule is O=C(NCCOc1ccc2c(c1)OCO2)C1CNCCO1. The van der Waals surface area contributed by atoms with Crippen LogP contribution < -0.4 is 24.8 Å². The quantitative estimate of drug-likeness (QED) is 0.738. The number of amides is 1. The average Bonchev–Trinajstić information content (AvgIpc) is 3.00. The van der Waals surface area contributed by atoms with Gasteiger partial charge in [-0.3, -0.25) is 4.79 Å². The number of rotatable bonds is 5. The van der Waals surface area contributed by atoms with E-state index in [0.717, 1.165) is 12.3 Å². The molecule has 7 heteroatoms. The van der Waals surface area contributed by atoms with Crippen LogP contribution >= 0.6 is 0 Å². The highest BCUT2D eigenvalue weighted by Crippen LogP contribution is 2.34. The molecule has 0 saturated carbocycles. The molecule has 2 aliphatic rings. The lowest BCUT2D eigenvalue weighted by molar-refractivity contribution is -0.134. The summed E-state index contributed by atoms with van der Waals surface area (Å²) in [6, 6.07) is 5.39. The van der Waals surface area contributed by atoms with Gasteiger partial charge in [0.05, 0.1) is 13.2 Å². The Kier molecular flexibility index (Phi) is 4.42. The van der Waals surface area contributed by atoms with E-state index in [4.69, 9.17) is 18.9 Å². The van der Waals surface area contributed by atoms with E-state index in [2.05, 4.69) is 10.6 Å². The monoisotopic (exact) mass is 294 g/mol. The summed E-state index contributed by atoms with van der Waals surface area (Å²) in [5.74, 6) is 1.97. The maximum Gasteiger partial charge on any atom is 0.250 e. The van der Waals surface area contributed by atoms with Crippen molar-refractivity contribution < 1.29 is 23.7 Å². The molecule has 2 aliphatic heterocycles. The lowest BCUT2D eigenvalue weighted by Gasteiger charge is -2.22. The van der Waals surface area contributed by atoms with E-state index in [1.807, 2.05) is 6.07 Å². The summed E-state index contributed by atoms with van der Waals surface area (Å²) >= 11 is 0. The first-order valence-corrected chi connectivity index (χ1v) is 6.95. The van der Waals surface area contributed by atoms with Gasteiger partial charge in [-0.15, -0.1) is 0 Å². The van der Waals surface area contributed by atoms with Crippen molar-refractivity contribution in [3.05, 3.63) is 18.2 Å². The fourth-order valence-corrected chi connectivity index (χ4v) is 2.16. The first-order valence-electron chi connectivity index (χ1n) is 6.95. The van der Waals surface area contributed by atoms with Gasteiger partial charge in [-0.25, -0.2) is 0 Å². The number of carbonyl (C=O) groups is 1. The molecule has 1 aromatic rings. The van der Waals surface area contributed by atoms with E-state index < -0.39 is 6.10 Å². The summed E-state index contributed by atoms with van der Waals surface area (Å²) < 4.78 is 21.4. The Hall–Kier alpha value is -1.99. The summed E-state index contributed by atoms with van der Waals surface area (Å²) in [5, 5.41) is 5.90. The van der Waals surface area contributed by atoms with Gasteiger partial charge < -0.3 is 29.6 Å². The summed E-state index contributed by atoms with van der Waals surface area (Å²) in [6.07, 6.45) is -0.413. The van der Waals surface area contributed by atoms with Crippen LogP contribution in [0, 0.1) is 0 Å². The Morgan fingerprint density at radius 2 is 2.29 bits per heavy atom. The van der Waals surface area contributed by atoms with E-state index >= 15 is 0 Å².